The van der Waals surface area contributed by atoms with Crippen molar-refractivity contribution in [2.24, 2.45) is 0 Å². The Hall–Kier alpha value is -1.25. The smallest absolute Gasteiger partial charge is 0.213 e. The molecule has 0 spiro atoms. The molecule has 0 saturated carbocycles. The van der Waals surface area contributed by atoms with E-state index in [9.17, 15) is 0 Å². The quantitative estimate of drug-likeness (QED) is 0.620. The Kier molecular flexibility index (Phi) is 2.10. The van der Waals surface area contributed by atoms with Gasteiger partial charge in [-0.1, -0.05) is 0 Å². The summed E-state index contributed by atoms with van der Waals surface area (Å²) >= 11 is 0. The Morgan fingerprint density at radius 3 is 2.80 bits per heavy atom. The third-order valence-corrected chi connectivity index (χ3v) is 1.11. The van der Waals surface area contributed by atoms with Crippen LogP contribution in [0.1, 0.15) is 0 Å². The molecule has 1 N–H and O–H groups in total. The van der Waals surface area contributed by atoms with Gasteiger partial charge in [-0.25, -0.2) is 4.98 Å². The van der Waals surface area contributed by atoms with Crippen LogP contribution in [0.5, 0.6) is 5.88 Å². The van der Waals surface area contributed by atoms with Gasteiger partial charge < -0.3 is 10.1 Å². The van der Waals surface area contributed by atoms with Gasteiger partial charge in [-0.3, -0.25) is 0 Å². The zero-order chi connectivity index (χ0) is 7.40. The van der Waals surface area contributed by atoms with E-state index < -0.39 is 0 Å². The standard InChI is InChI=1S/C7H8N2O/c1-8-6-3-4-7(10-2)9-5-6/h1,3-5,8H,2H3. The Bertz CT molecular complexity index is 172. The molecule has 52 valence electrons. The van der Waals surface area contributed by atoms with Gasteiger partial charge in [0, 0.05) is 6.07 Å². The topological polar surface area (TPSA) is 34.1 Å². The van der Waals surface area contributed by atoms with Crippen LogP contribution < -0.4 is 10.1 Å². The van der Waals surface area contributed by atoms with Crippen LogP contribution in [-0.2, 0) is 0 Å². The van der Waals surface area contributed by atoms with Crippen LogP contribution >= 0.6 is 0 Å². The molecule has 10 heavy (non-hydrogen) atoms. The van der Waals surface area contributed by atoms with E-state index in [0.717, 1.165) is 5.69 Å². The predicted octanol–water partition coefficient (Wildman–Crippen LogP) is 1.17. The molecule has 1 aromatic rings. The van der Waals surface area contributed by atoms with E-state index in [2.05, 4.69) is 10.3 Å². The maximum Gasteiger partial charge on any atom is 0.213 e. The second-order valence-electron chi connectivity index (χ2n) is 1.73. The van der Waals surface area contributed by atoms with Crippen LogP contribution in [0.2, 0.25) is 0 Å². The fourth-order valence-corrected chi connectivity index (χ4v) is 0.586. The van der Waals surface area contributed by atoms with Gasteiger partial charge in [-0.2, -0.15) is 0 Å². The van der Waals surface area contributed by atoms with Gasteiger partial charge in [0.25, 0.3) is 0 Å². The minimum absolute atomic E-state index is 0.582. The van der Waals surface area contributed by atoms with E-state index in [1.165, 1.54) is 0 Å². The van der Waals surface area contributed by atoms with Gasteiger partial charge >= 0.3 is 0 Å². The summed E-state index contributed by atoms with van der Waals surface area (Å²) < 4.78 is 4.83. The fourth-order valence-electron chi connectivity index (χ4n) is 0.586. The van der Waals surface area contributed by atoms with E-state index >= 15 is 0 Å². The van der Waals surface area contributed by atoms with Gasteiger partial charge in [-0.15, -0.1) is 0 Å². The zero-order valence-corrected chi connectivity index (χ0v) is 5.66. The number of nitrogens with one attached hydrogen (secondary N) is 1. The Balaban J connectivity index is 2.80. The largest absolute Gasteiger partial charge is 0.481 e. The molecule has 0 amide bonds. The number of aromatic nitrogens is 1. The van der Waals surface area contributed by atoms with Crippen molar-refractivity contribution in [2.75, 3.05) is 12.4 Å². The normalized spacial score (nSPS) is 9.00. The van der Waals surface area contributed by atoms with Crippen LogP contribution in [0, 0.1) is 7.05 Å². The van der Waals surface area contributed by atoms with Gasteiger partial charge in [0.2, 0.25) is 5.88 Å². The summed E-state index contributed by atoms with van der Waals surface area (Å²) in [6.45, 7) is 0. The third kappa shape index (κ3) is 1.37. The lowest BCUT2D eigenvalue weighted by molar-refractivity contribution is 0.398. The molecular weight excluding hydrogens is 128 g/mol. The highest BCUT2D eigenvalue weighted by Crippen LogP contribution is 2.09. The van der Waals surface area contributed by atoms with E-state index in [0.29, 0.717) is 5.88 Å². The molecule has 0 aliphatic heterocycles. The molecule has 0 fully saturated rings. The minimum Gasteiger partial charge on any atom is -0.481 e. The molecular formula is C7H8N2O. The number of anilines is 1. The molecule has 0 saturated heterocycles. The van der Waals surface area contributed by atoms with Crippen LogP contribution in [-0.4, -0.2) is 12.1 Å². The first kappa shape index (κ1) is 6.86. The highest BCUT2D eigenvalue weighted by molar-refractivity contribution is 5.41. The number of ether oxygens (including phenoxy) is 1. The second-order valence-corrected chi connectivity index (χ2v) is 1.73. The Morgan fingerprint density at radius 1 is 1.60 bits per heavy atom. The summed E-state index contributed by atoms with van der Waals surface area (Å²) in [5, 5.41) is 2.46. The minimum atomic E-state index is 0.582. The summed E-state index contributed by atoms with van der Waals surface area (Å²) in [6.07, 6.45) is 1.60. The van der Waals surface area contributed by atoms with Crippen molar-refractivity contribution in [3.63, 3.8) is 0 Å². The fraction of sp³-hybridized carbons (Fsp3) is 0.143. The zero-order valence-electron chi connectivity index (χ0n) is 5.66. The number of nitrogens with zero attached hydrogens (tertiary/aromatic N) is 1. The van der Waals surface area contributed by atoms with Crippen molar-refractivity contribution in [3.05, 3.63) is 25.4 Å². The molecule has 0 unspecified atom stereocenters. The maximum absolute atomic E-state index is 5.11. The summed E-state index contributed by atoms with van der Waals surface area (Å²) in [7, 11) is 6.68. The summed E-state index contributed by atoms with van der Waals surface area (Å²) in [6, 6.07) is 3.51. The lowest BCUT2D eigenvalue weighted by Crippen LogP contribution is -1.89. The molecule has 0 aliphatic rings. The predicted molar refractivity (Wildman–Crippen MR) is 38.7 cm³/mol. The number of methoxy groups -OCH3 is 1. The molecule has 3 heteroatoms. The summed E-state index contributed by atoms with van der Waals surface area (Å²) in [5.74, 6) is 0.582. The van der Waals surface area contributed by atoms with Gasteiger partial charge in [-0.05, 0) is 6.07 Å². The monoisotopic (exact) mass is 136 g/mol. The molecule has 1 heterocycles. The third-order valence-electron chi connectivity index (χ3n) is 1.11. The lowest BCUT2D eigenvalue weighted by Gasteiger charge is -1.99. The number of pyridine rings is 1. The average Bonchev–Trinajstić information content (AvgIpc) is 2.05. The number of hydrogen-bond acceptors (Lipinski definition) is 3. The first-order valence-electron chi connectivity index (χ1n) is 2.83. The van der Waals surface area contributed by atoms with E-state index in [1.54, 1.807) is 25.4 Å². The summed E-state index contributed by atoms with van der Waals surface area (Å²) in [4.78, 5) is 3.90. The van der Waals surface area contributed by atoms with Crippen LogP contribution in [0.25, 0.3) is 0 Å². The highest BCUT2D eigenvalue weighted by Gasteiger charge is 1.90. The van der Waals surface area contributed by atoms with Gasteiger partial charge in [0.15, 0.2) is 0 Å². The first-order chi connectivity index (χ1) is 4.86. The molecule has 2 radical (unpaired) electrons. The lowest BCUT2D eigenvalue weighted by atomic mass is 10.4. The van der Waals surface area contributed by atoms with Gasteiger partial charge in [0.1, 0.15) is 0 Å². The first-order valence-corrected chi connectivity index (χ1v) is 2.83. The summed E-state index contributed by atoms with van der Waals surface area (Å²) in [5.41, 5.74) is 0.765. The molecule has 1 aromatic heterocycles. The van der Waals surface area contributed by atoms with Crippen molar-refractivity contribution in [1.82, 2.24) is 4.98 Å². The van der Waals surface area contributed by atoms with E-state index in [1.807, 2.05) is 0 Å². The van der Waals surface area contributed by atoms with Crippen molar-refractivity contribution in [1.29, 1.82) is 0 Å². The average molecular weight is 136 g/mol. The second kappa shape index (κ2) is 3.06. The molecule has 0 aromatic carbocycles. The van der Waals surface area contributed by atoms with E-state index in [4.69, 9.17) is 11.8 Å². The van der Waals surface area contributed by atoms with Crippen molar-refractivity contribution in [3.8, 4) is 5.88 Å². The van der Waals surface area contributed by atoms with Crippen LogP contribution in [0.4, 0.5) is 5.69 Å². The van der Waals surface area contributed by atoms with Gasteiger partial charge in [0.05, 0.1) is 26.0 Å². The molecule has 0 bridgehead atoms. The maximum atomic E-state index is 5.11. The van der Waals surface area contributed by atoms with Crippen LogP contribution in [0.15, 0.2) is 18.3 Å². The van der Waals surface area contributed by atoms with E-state index in [-0.39, 0.29) is 0 Å². The SMILES string of the molecule is [CH]Nc1ccc(OC)nc1. The number of hydrogen-bond donors (Lipinski definition) is 1. The van der Waals surface area contributed by atoms with Crippen molar-refractivity contribution >= 4 is 5.69 Å². The van der Waals surface area contributed by atoms with Crippen molar-refractivity contribution < 1.29 is 4.74 Å². The Labute approximate surface area is 60.0 Å². The molecule has 1 rings (SSSR count). The number of rotatable bonds is 2. The van der Waals surface area contributed by atoms with Crippen LogP contribution in [0.3, 0.4) is 0 Å². The Morgan fingerprint density at radius 2 is 2.40 bits per heavy atom. The molecule has 0 aliphatic carbocycles. The highest BCUT2D eigenvalue weighted by atomic mass is 16.5. The molecule has 0 atom stereocenters. The molecule has 3 nitrogen and oxygen atoms in total. The van der Waals surface area contributed by atoms with Crippen molar-refractivity contribution in [2.45, 2.75) is 0 Å².